The van der Waals surface area contributed by atoms with Crippen LogP contribution >= 0.6 is 11.6 Å². The number of unbranched alkanes of at least 4 members (excludes halogenated alkanes) is 1. The molecule has 0 aliphatic carbocycles. The Morgan fingerprint density at radius 1 is 1.12 bits per heavy atom. The molecule has 1 N–H and O–H groups in total. The fourth-order valence-corrected chi connectivity index (χ4v) is 4.90. The van der Waals surface area contributed by atoms with Crippen molar-refractivity contribution in [2.45, 2.75) is 90.3 Å². The van der Waals surface area contributed by atoms with Gasteiger partial charge in [0.05, 0.1) is 19.3 Å². The lowest BCUT2D eigenvalue weighted by atomic mass is 9.85. The van der Waals surface area contributed by atoms with Crippen molar-refractivity contribution in [3.63, 3.8) is 0 Å². The molecular weight excluding hydrogens is 368 g/mol. The first kappa shape index (κ1) is 24.4. The van der Waals surface area contributed by atoms with Gasteiger partial charge in [0.2, 0.25) is 0 Å². The predicted octanol–water partition coefficient (Wildman–Crippen LogP) is 5.18. The summed E-state index contributed by atoms with van der Waals surface area (Å²) in [6, 6.07) is 0. The third-order valence-electron chi connectivity index (χ3n) is 5.96. The molecule has 0 bridgehead atoms. The van der Waals surface area contributed by atoms with Gasteiger partial charge in [-0.15, -0.1) is 11.6 Å². The van der Waals surface area contributed by atoms with E-state index >= 15 is 0 Å². The zero-order valence-corrected chi connectivity index (χ0v) is 19.5. The smallest absolute Gasteiger partial charge is 0.192 e. The summed E-state index contributed by atoms with van der Waals surface area (Å²) in [6.07, 6.45) is 4.72. The Morgan fingerprint density at radius 3 is 2.23 bits per heavy atom. The molecule has 3 atom stereocenters. The first-order valence-corrected chi connectivity index (χ1v) is 13.7. The summed E-state index contributed by atoms with van der Waals surface area (Å²) in [5, 5.41) is 9.44. The summed E-state index contributed by atoms with van der Waals surface area (Å²) in [5.41, 5.74) is 0. The summed E-state index contributed by atoms with van der Waals surface area (Å²) in [4.78, 5) is 0. The molecule has 0 saturated carbocycles. The molecular formula is C20H41ClO4Si. The van der Waals surface area contributed by atoms with Gasteiger partial charge in [0.1, 0.15) is 0 Å². The zero-order valence-electron chi connectivity index (χ0n) is 17.7. The van der Waals surface area contributed by atoms with Crippen LogP contribution in [0.5, 0.6) is 0 Å². The monoisotopic (exact) mass is 408 g/mol. The van der Waals surface area contributed by atoms with Crippen LogP contribution in [-0.2, 0) is 13.9 Å². The van der Waals surface area contributed by atoms with Crippen LogP contribution in [0.2, 0.25) is 18.1 Å². The maximum atomic E-state index is 9.29. The molecule has 1 aliphatic heterocycles. The molecule has 0 aromatic heterocycles. The molecule has 0 spiro atoms. The van der Waals surface area contributed by atoms with E-state index in [-0.39, 0.29) is 30.0 Å². The maximum absolute atomic E-state index is 9.29. The van der Waals surface area contributed by atoms with Crippen molar-refractivity contribution in [2.24, 2.45) is 11.8 Å². The zero-order chi connectivity index (χ0) is 19.8. The molecule has 1 aliphatic rings. The van der Waals surface area contributed by atoms with Gasteiger partial charge in [-0.25, -0.2) is 0 Å². The van der Waals surface area contributed by atoms with Crippen molar-refractivity contribution in [1.82, 2.24) is 0 Å². The summed E-state index contributed by atoms with van der Waals surface area (Å²) in [6.45, 7) is 15.2. The van der Waals surface area contributed by atoms with Gasteiger partial charge in [0, 0.05) is 18.4 Å². The van der Waals surface area contributed by atoms with Crippen LogP contribution in [0.25, 0.3) is 0 Å². The van der Waals surface area contributed by atoms with E-state index in [4.69, 9.17) is 25.5 Å². The number of hydrogen-bond donors (Lipinski definition) is 1. The standard InChI is InChI=1S/C20H41ClO4Si/c1-16(10-9-13-22)18(25-26(5,6)20(2,3)4)17(11-7-8-12-21)19-23-14-15-24-19/h16-19,22H,7-15H2,1-6H3/t16-,17+,18+/m0/s1. The van der Waals surface area contributed by atoms with Gasteiger partial charge in [-0.3, -0.25) is 0 Å². The van der Waals surface area contributed by atoms with E-state index in [1.165, 1.54) is 0 Å². The Labute approximate surface area is 167 Å². The number of halogens is 1. The molecule has 1 saturated heterocycles. The minimum Gasteiger partial charge on any atom is -0.413 e. The van der Waals surface area contributed by atoms with Crippen molar-refractivity contribution in [1.29, 1.82) is 0 Å². The molecule has 0 unspecified atom stereocenters. The second-order valence-electron chi connectivity index (χ2n) is 9.14. The third kappa shape index (κ3) is 7.40. The highest BCUT2D eigenvalue weighted by Gasteiger charge is 2.44. The number of aliphatic hydroxyl groups excluding tert-OH is 1. The Bertz CT molecular complexity index is 380. The third-order valence-corrected chi connectivity index (χ3v) is 10.7. The molecule has 1 fully saturated rings. The van der Waals surface area contributed by atoms with E-state index in [2.05, 4.69) is 40.8 Å². The van der Waals surface area contributed by atoms with Gasteiger partial charge in [-0.2, -0.15) is 0 Å². The molecule has 0 aromatic carbocycles. The van der Waals surface area contributed by atoms with Crippen LogP contribution in [0.3, 0.4) is 0 Å². The minimum absolute atomic E-state index is 0.0841. The van der Waals surface area contributed by atoms with Gasteiger partial charge < -0.3 is 19.0 Å². The lowest BCUT2D eigenvalue weighted by Crippen LogP contribution is -2.50. The Kier molecular flexibility index (Phi) is 10.7. The highest BCUT2D eigenvalue weighted by atomic mass is 35.5. The van der Waals surface area contributed by atoms with E-state index in [9.17, 15) is 5.11 Å². The summed E-state index contributed by atoms with van der Waals surface area (Å²) >= 11 is 5.91. The van der Waals surface area contributed by atoms with Crippen LogP contribution in [0.15, 0.2) is 0 Å². The molecule has 0 radical (unpaired) electrons. The van der Waals surface area contributed by atoms with E-state index in [1.54, 1.807) is 0 Å². The highest BCUT2D eigenvalue weighted by molar-refractivity contribution is 6.74. The minimum atomic E-state index is -1.93. The molecule has 0 amide bonds. The molecule has 6 heteroatoms. The van der Waals surface area contributed by atoms with Crippen molar-refractivity contribution in [3.05, 3.63) is 0 Å². The molecule has 26 heavy (non-hydrogen) atoms. The van der Waals surface area contributed by atoms with E-state index in [1.807, 2.05) is 0 Å². The summed E-state index contributed by atoms with van der Waals surface area (Å²) in [5.74, 6) is 1.25. The number of aliphatic hydroxyl groups is 1. The first-order chi connectivity index (χ1) is 12.1. The summed E-state index contributed by atoms with van der Waals surface area (Å²) in [7, 11) is -1.93. The maximum Gasteiger partial charge on any atom is 0.192 e. The van der Waals surface area contributed by atoms with Crippen LogP contribution in [0, 0.1) is 11.8 Å². The molecule has 4 nitrogen and oxygen atoms in total. The average molecular weight is 409 g/mol. The average Bonchev–Trinajstić information content (AvgIpc) is 3.08. The molecule has 0 aromatic rings. The second kappa shape index (κ2) is 11.4. The number of alkyl halides is 1. The van der Waals surface area contributed by atoms with Crippen molar-refractivity contribution in [2.75, 3.05) is 25.7 Å². The lowest BCUT2D eigenvalue weighted by molar-refractivity contribution is -0.126. The normalized spacial score (nSPS) is 20.3. The van der Waals surface area contributed by atoms with Crippen molar-refractivity contribution in [3.8, 4) is 0 Å². The van der Waals surface area contributed by atoms with Crippen LogP contribution in [0.1, 0.15) is 59.8 Å². The van der Waals surface area contributed by atoms with Gasteiger partial charge in [-0.05, 0) is 49.7 Å². The molecule has 1 rings (SSSR count). The number of ether oxygens (including phenoxy) is 2. The topological polar surface area (TPSA) is 47.9 Å². The van der Waals surface area contributed by atoms with Crippen LogP contribution in [-0.4, -0.2) is 51.5 Å². The quantitative estimate of drug-likeness (QED) is 0.274. The van der Waals surface area contributed by atoms with E-state index in [0.29, 0.717) is 25.0 Å². The van der Waals surface area contributed by atoms with Crippen molar-refractivity contribution >= 4 is 19.9 Å². The van der Waals surface area contributed by atoms with Gasteiger partial charge in [0.15, 0.2) is 14.6 Å². The molecule has 156 valence electrons. The summed E-state index contributed by atoms with van der Waals surface area (Å²) < 4.78 is 18.8. The first-order valence-electron chi connectivity index (χ1n) is 10.2. The van der Waals surface area contributed by atoms with Crippen molar-refractivity contribution < 1.29 is 19.0 Å². The van der Waals surface area contributed by atoms with Gasteiger partial charge in [0.25, 0.3) is 0 Å². The fraction of sp³-hybridized carbons (Fsp3) is 1.00. The van der Waals surface area contributed by atoms with E-state index in [0.717, 1.165) is 32.1 Å². The van der Waals surface area contributed by atoms with E-state index < -0.39 is 8.32 Å². The highest BCUT2D eigenvalue weighted by Crippen LogP contribution is 2.41. The SMILES string of the molecule is C[C@@H](CCCO)[C@@H](O[Si](C)(C)C(C)(C)C)[C@@H](CCCCCl)C1OCCO1. The Hall–Kier alpha value is 0.347. The Balaban J connectivity index is 3.02. The van der Waals surface area contributed by atoms with Gasteiger partial charge in [-0.1, -0.05) is 34.1 Å². The molecule has 1 heterocycles. The Morgan fingerprint density at radius 2 is 1.73 bits per heavy atom. The number of hydrogen-bond acceptors (Lipinski definition) is 4. The number of rotatable bonds is 12. The van der Waals surface area contributed by atoms with Crippen LogP contribution < -0.4 is 0 Å². The van der Waals surface area contributed by atoms with Crippen LogP contribution in [0.4, 0.5) is 0 Å². The van der Waals surface area contributed by atoms with Gasteiger partial charge >= 0.3 is 0 Å². The lowest BCUT2D eigenvalue weighted by Gasteiger charge is -2.44. The fourth-order valence-electron chi connectivity index (χ4n) is 3.27. The second-order valence-corrected chi connectivity index (χ2v) is 14.3. The largest absolute Gasteiger partial charge is 0.413 e. The predicted molar refractivity (Wildman–Crippen MR) is 111 cm³/mol.